The van der Waals surface area contributed by atoms with Gasteiger partial charge in [-0.3, -0.25) is 0 Å². The first-order valence-corrected chi connectivity index (χ1v) is 4.29. The van der Waals surface area contributed by atoms with E-state index in [1.807, 2.05) is 20.8 Å². The first-order valence-electron chi connectivity index (χ1n) is 4.29. The van der Waals surface area contributed by atoms with Gasteiger partial charge >= 0.3 is 0 Å². The zero-order valence-electron chi connectivity index (χ0n) is 8.41. The van der Waals surface area contributed by atoms with Crippen molar-refractivity contribution in [3.8, 4) is 0 Å². The lowest BCUT2D eigenvalue weighted by Gasteiger charge is -2.20. The Morgan fingerprint density at radius 1 is 1.00 bits per heavy atom. The van der Waals surface area contributed by atoms with Crippen molar-refractivity contribution >= 4 is 0 Å². The molecule has 0 spiro atoms. The van der Waals surface area contributed by atoms with Crippen molar-refractivity contribution < 1.29 is 8.78 Å². The Hall–Kier alpha value is -0.920. The van der Waals surface area contributed by atoms with Crippen LogP contribution in [0.2, 0.25) is 0 Å². The smallest absolute Gasteiger partial charge is 0.162 e. The highest BCUT2D eigenvalue weighted by molar-refractivity contribution is 5.30. The molecule has 0 atom stereocenters. The lowest BCUT2D eigenvalue weighted by atomic mass is 9.86. The molecule has 1 aromatic rings. The zero-order valence-corrected chi connectivity index (χ0v) is 8.41. The highest BCUT2D eigenvalue weighted by Crippen LogP contribution is 2.27. The van der Waals surface area contributed by atoms with E-state index in [-0.39, 0.29) is 5.41 Å². The van der Waals surface area contributed by atoms with Gasteiger partial charge in [-0.15, -0.1) is 0 Å². The Bertz CT molecular complexity index is 322. The molecule has 0 bridgehead atoms. The molecular weight excluding hydrogens is 170 g/mol. The van der Waals surface area contributed by atoms with Crippen LogP contribution < -0.4 is 0 Å². The predicted octanol–water partition coefficient (Wildman–Crippen LogP) is 3.57. The molecule has 13 heavy (non-hydrogen) atoms. The van der Waals surface area contributed by atoms with Crippen molar-refractivity contribution in [2.45, 2.75) is 33.1 Å². The van der Waals surface area contributed by atoms with Crippen LogP contribution in [0.15, 0.2) is 12.1 Å². The zero-order chi connectivity index (χ0) is 10.2. The molecule has 0 saturated carbocycles. The molecule has 0 saturated heterocycles. The van der Waals surface area contributed by atoms with E-state index < -0.39 is 11.6 Å². The van der Waals surface area contributed by atoms with Gasteiger partial charge in [-0.2, -0.15) is 0 Å². The Morgan fingerprint density at radius 2 is 1.54 bits per heavy atom. The highest BCUT2D eigenvalue weighted by Gasteiger charge is 2.21. The molecular formula is C11H14F2. The normalized spacial score (nSPS) is 11.8. The van der Waals surface area contributed by atoms with Gasteiger partial charge in [0.15, 0.2) is 11.6 Å². The van der Waals surface area contributed by atoms with Crippen LogP contribution in [0, 0.1) is 18.6 Å². The molecule has 0 aliphatic heterocycles. The second-order valence-corrected chi connectivity index (χ2v) is 4.31. The van der Waals surface area contributed by atoms with E-state index in [4.69, 9.17) is 0 Å². The molecule has 1 aromatic carbocycles. The van der Waals surface area contributed by atoms with Crippen LogP contribution in [-0.2, 0) is 5.41 Å². The maximum absolute atomic E-state index is 13.4. The monoisotopic (exact) mass is 184 g/mol. The standard InChI is InChI=1S/C11H14F2/c1-7-5-6-8(11(2,3)4)10(13)9(7)12/h5-6H,1-4H3. The van der Waals surface area contributed by atoms with E-state index in [1.54, 1.807) is 19.1 Å². The molecule has 0 aliphatic carbocycles. The van der Waals surface area contributed by atoms with Gasteiger partial charge in [-0.1, -0.05) is 32.9 Å². The fourth-order valence-electron chi connectivity index (χ4n) is 1.23. The van der Waals surface area contributed by atoms with Gasteiger partial charge in [0.25, 0.3) is 0 Å². The molecule has 0 amide bonds. The third kappa shape index (κ3) is 1.87. The highest BCUT2D eigenvalue weighted by atomic mass is 19.2. The number of aryl methyl sites for hydroxylation is 1. The summed E-state index contributed by atoms with van der Waals surface area (Å²) in [6, 6.07) is 3.26. The van der Waals surface area contributed by atoms with E-state index >= 15 is 0 Å². The fraction of sp³-hybridized carbons (Fsp3) is 0.455. The second kappa shape index (κ2) is 3.09. The van der Waals surface area contributed by atoms with Crippen LogP contribution >= 0.6 is 0 Å². The Morgan fingerprint density at radius 3 is 2.00 bits per heavy atom. The van der Waals surface area contributed by atoms with Gasteiger partial charge in [-0.05, 0) is 23.5 Å². The fourth-order valence-corrected chi connectivity index (χ4v) is 1.23. The molecule has 0 fully saturated rings. The first kappa shape index (κ1) is 10.2. The van der Waals surface area contributed by atoms with Crippen molar-refractivity contribution in [3.05, 3.63) is 34.9 Å². The molecule has 0 radical (unpaired) electrons. The SMILES string of the molecule is Cc1ccc(C(C)(C)C)c(F)c1F. The van der Waals surface area contributed by atoms with Crippen molar-refractivity contribution in [2.24, 2.45) is 0 Å². The number of hydrogen-bond acceptors (Lipinski definition) is 0. The van der Waals surface area contributed by atoms with E-state index in [0.717, 1.165) is 0 Å². The van der Waals surface area contributed by atoms with Gasteiger partial charge < -0.3 is 0 Å². The van der Waals surface area contributed by atoms with Gasteiger partial charge in [0, 0.05) is 0 Å². The van der Waals surface area contributed by atoms with Crippen molar-refractivity contribution in [1.29, 1.82) is 0 Å². The summed E-state index contributed by atoms with van der Waals surface area (Å²) in [6.45, 7) is 7.14. The number of rotatable bonds is 0. The minimum Gasteiger partial charge on any atom is -0.203 e. The molecule has 0 aliphatic rings. The van der Waals surface area contributed by atoms with Crippen LogP contribution in [0.1, 0.15) is 31.9 Å². The number of hydrogen-bond donors (Lipinski definition) is 0. The summed E-state index contributed by atoms with van der Waals surface area (Å²) in [5.74, 6) is -1.44. The van der Waals surface area contributed by atoms with E-state index in [1.165, 1.54) is 0 Å². The molecule has 0 aromatic heterocycles. The number of benzene rings is 1. The number of halogens is 2. The lowest BCUT2D eigenvalue weighted by Crippen LogP contribution is -2.14. The lowest BCUT2D eigenvalue weighted by molar-refractivity contribution is 0.461. The first-order chi connectivity index (χ1) is 5.84. The maximum atomic E-state index is 13.4. The van der Waals surface area contributed by atoms with Crippen molar-refractivity contribution in [1.82, 2.24) is 0 Å². The van der Waals surface area contributed by atoms with Gasteiger partial charge in [0.1, 0.15) is 0 Å². The molecule has 0 N–H and O–H groups in total. The van der Waals surface area contributed by atoms with Gasteiger partial charge in [0.2, 0.25) is 0 Å². The molecule has 2 heteroatoms. The second-order valence-electron chi connectivity index (χ2n) is 4.31. The van der Waals surface area contributed by atoms with Crippen molar-refractivity contribution in [2.75, 3.05) is 0 Å². The Kier molecular flexibility index (Phi) is 2.42. The minimum absolute atomic E-state index is 0.349. The molecule has 0 unspecified atom stereocenters. The summed E-state index contributed by atoms with van der Waals surface area (Å²) in [5, 5.41) is 0. The third-order valence-electron chi connectivity index (χ3n) is 2.08. The predicted molar refractivity (Wildman–Crippen MR) is 49.8 cm³/mol. The Balaban J connectivity index is 3.35. The van der Waals surface area contributed by atoms with Crippen LogP contribution in [0.3, 0.4) is 0 Å². The third-order valence-corrected chi connectivity index (χ3v) is 2.08. The van der Waals surface area contributed by atoms with E-state index in [0.29, 0.717) is 11.1 Å². The summed E-state index contributed by atoms with van der Waals surface area (Å²) in [4.78, 5) is 0. The Labute approximate surface area is 77.6 Å². The summed E-state index contributed by atoms with van der Waals surface area (Å²) >= 11 is 0. The van der Waals surface area contributed by atoms with Gasteiger partial charge in [-0.25, -0.2) is 8.78 Å². The van der Waals surface area contributed by atoms with E-state index in [2.05, 4.69) is 0 Å². The maximum Gasteiger partial charge on any atom is 0.162 e. The van der Waals surface area contributed by atoms with Crippen LogP contribution in [0.5, 0.6) is 0 Å². The van der Waals surface area contributed by atoms with E-state index in [9.17, 15) is 8.78 Å². The molecule has 72 valence electrons. The topological polar surface area (TPSA) is 0 Å². The molecule has 0 heterocycles. The largest absolute Gasteiger partial charge is 0.203 e. The summed E-state index contributed by atoms with van der Waals surface area (Å²) in [6.07, 6.45) is 0. The average molecular weight is 184 g/mol. The van der Waals surface area contributed by atoms with Crippen molar-refractivity contribution in [3.63, 3.8) is 0 Å². The quantitative estimate of drug-likeness (QED) is 0.578. The van der Waals surface area contributed by atoms with Crippen LogP contribution in [0.25, 0.3) is 0 Å². The molecule has 1 rings (SSSR count). The molecule has 0 nitrogen and oxygen atoms in total. The average Bonchev–Trinajstić information content (AvgIpc) is 1.98. The summed E-state index contributed by atoms with van der Waals surface area (Å²) < 4.78 is 26.5. The van der Waals surface area contributed by atoms with Crippen LogP contribution in [0.4, 0.5) is 8.78 Å². The minimum atomic E-state index is -0.729. The van der Waals surface area contributed by atoms with Crippen LogP contribution in [-0.4, -0.2) is 0 Å². The summed E-state index contributed by atoms with van der Waals surface area (Å²) in [5.41, 5.74) is 0.430. The summed E-state index contributed by atoms with van der Waals surface area (Å²) in [7, 11) is 0. The van der Waals surface area contributed by atoms with Gasteiger partial charge in [0.05, 0.1) is 0 Å².